The predicted molar refractivity (Wildman–Crippen MR) is 116 cm³/mol. The Morgan fingerprint density at radius 3 is 2.30 bits per heavy atom. The second-order valence-electron chi connectivity index (χ2n) is 6.67. The molecular formula is C21H19N5O7. The molecule has 1 heterocycles. The number of hydrogen-bond donors (Lipinski definition) is 2. The zero-order chi connectivity index (χ0) is 24.1. The molecule has 0 saturated heterocycles. The molecule has 170 valence electrons. The van der Waals surface area contributed by atoms with Crippen molar-refractivity contribution in [3.63, 3.8) is 0 Å². The molecule has 0 radical (unpaired) electrons. The molecule has 0 saturated carbocycles. The minimum Gasteiger partial charge on any atom is -0.462 e. The molecule has 0 atom stereocenters. The molecular weight excluding hydrogens is 434 g/mol. The zero-order valence-corrected chi connectivity index (χ0v) is 17.7. The van der Waals surface area contributed by atoms with Gasteiger partial charge >= 0.3 is 5.97 Å². The van der Waals surface area contributed by atoms with Gasteiger partial charge in [0.15, 0.2) is 5.69 Å². The Morgan fingerprint density at radius 1 is 1.03 bits per heavy atom. The molecule has 0 bridgehead atoms. The number of hydrogen-bond acceptors (Lipinski definition) is 8. The summed E-state index contributed by atoms with van der Waals surface area (Å²) < 4.78 is 5.94. The molecule has 0 aliphatic heterocycles. The van der Waals surface area contributed by atoms with Gasteiger partial charge in [-0.2, -0.15) is 5.10 Å². The van der Waals surface area contributed by atoms with E-state index in [-0.39, 0.29) is 40.9 Å². The van der Waals surface area contributed by atoms with Crippen molar-refractivity contribution in [3.05, 3.63) is 79.8 Å². The highest BCUT2D eigenvalue weighted by molar-refractivity contribution is 6.06. The lowest BCUT2D eigenvalue weighted by atomic mass is 10.1. The maximum atomic E-state index is 12.7. The van der Waals surface area contributed by atoms with Crippen molar-refractivity contribution in [3.8, 4) is 0 Å². The van der Waals surface area contributed by atoms with Crippen molar-refractivity contribution in [2.24, 2.45) is 0 Å². The van der Waals surface area contributed by atoms with E-state index in [9.17, 15) is 29.3 Å². The lowest BCUT2D eigenvalue weighted by molar-refractivity contribution is -0.384. The summed E-state index contributed by atoms with van der Waals surface area (Å²) >= 11 is 0. The van der Waals surface area contributed by atoms with Crippen molar-refractivity contribution < 1.29 is 24.0 Å². The number of non-ortho nitro benzene ring substituents is 1. The Morgan fingerprint density at radius 2 is 1.67 bits per heavy atom. The smallest absolute Gasteiger partial charge is 0.338 e. The minimum atomic E-state index is -0.911. The highest BCUT2D eigenvalue weighted by atomic mass is 16.6. The van der Waals surface area contributed by atoms with Gasteiger partial charge in [-0.3, -0.25) is 35.3 Å². The topological polar surface area (TPSA) is 163 Å². The first-order valence-corrected chi connectivity index (χ1v) is 9.84. The SMILES string of the molecule is CCOC(=O)c1cc(C(=O)NNC(=O)c2nn(CC)c(=O)c3ccccc23)cc([N+](=O)[O-])c1. The van der Waals surface area contributed by atoms with Gasteiger partial charge in [-0.05, 0) is 26.0 Å². The molecule has 2 N–H and O–H groups in total. The van der Waals surface area contributed by atoms with E-state index in [4.69, 9.17) is 4.74 Å². The number of carbonyl (C=O) groups is 3. The van der Waals surface area contributed by atoms with Crippen LogP contribution in [-0.4, -0.2) is 39.1 Å². The van der Waals surface area contributed by atoms with Gasteiger partial charge in [0, 0.05) is 29.6 Å². The number of nitro groups is 1. The number of nitrogens with zero attached hydrogens (tertiary/aromatic N) is 3. The lowest BCUT2D eigenvalue weighted by Crippen LogP contribution is -2.42. The van der Waals surface area contributed by atoms with E-state index in [1.165, 1.54) is 0 Å². The summed E-state index contributed by atoms with van der Waals surface area (Å²) in [6.07, 6.45) is 0. The number of fused-ring (bicyclic) bond motifs is 1. The minimum absolute atomic E-state index is 0.0416. The summed E-state index contributed by atoms with van der Waals surface area (Å²) in [7, 11) is 0. The fourth-order valence-electron chi connectivity index (χ4n) is 3.04. The zero-order valence-electron chi connectivity index (χ0n) is 17.7. The summed E-state index contributed by atoms with van der Waals surface area (Å²) in [5.41, 5.74) is 2.92. The van der Waals surface area contributed by atoms with E-state index in [1.54, 1.807) is 38.1 Å². The third kappa shape index (κ3) is 4.84. The predicted octanol–water partition coefficient (Wildman–Crippen LogP) is 1.58. The first-order valence-electron chi connectivity index (χ1n) is 9.84. The number of aromatic nitrogens is 2. The number of nitro benzene ring substituents is 1. The van der Waals surface area contributed by atoms with Crippen LogP contribution in [0.3, 0.4) is 0 Å². The number of carbonyl (C=O) groups excluding carboxylic acids is 3. The first-order chi connectivity index (χ1) is 15.8. The fourth-order valence-corrected chi connectivity index (χ4v) is 3.04. The van der Waals surface area contributed by atoms with Crippen LogP contribution in [0.2, 0.25) is 0 Å². The molecule has 0 aliphatic carbocycles. The number of rotatable bonds is 6. The summed E-state index contributed by atoms with van der Waals surface area (Å²) in [4.78, 5) is 60.1. The van der Waals surface area contributed by atoms with E-state index in [1.807, 2.05) is 0 Å². The summed E-state index contributed by atoms with van der Waals surface area (Å²) in [6.45, 7) is 3.52. The van der Waals surface area contributed by atoms with E-state index in [0.29, 0.717) is 5.39 Å². The first kappa shape index (κ1) is 23.1. The Labute approximate surface area is 186 Å². The highest BCUT2D eigenvalue weighted by Gasteiger charge is 2.20. The largest absolute Gasteiger partial charge is 0.462 e. The third-order valence-electron chi connectivity index (χ3n) is 4.57. The quantitative estimate of drug-likeness (QED) is 0.323. The molecule has 0 aliphatic rings. The van der Waals surface area contributed by atoms with Gasteiger partial charge in [-0.15, -0.1) is 0 Å². The van der Waals surface area contributed by atoms with E-state index < -0.39 is 28.4 Å². The number of benzene rings is 2. The van der Waals surface area contributed by atoms with Gasteiger partial charge in [0.25, 0.3) is 23.1 Å². The average Bonchev–Trinajstić information content (AvgIpc) is 2.82. The van der Waals surface area contributed by atoms with Crippen molar-refractivity contribution in [2.75, 3.05) is 6.61 Å². The van der Waals surface area contributed by atoms with Crippen LogP contribution in [0.4, 0.5) is 5.69 Å². The second-order valence-corrected chi connectivity index (χ2v) is 6.67. The summed E-state index contributed by atoms with van der Waals surface area (Å²) in [6, 6.07) is 9.43. The van der Waals surface area contributed by atoms with Crippen LogP contribution in [0, 0.1) is 10.1 Å². The Balaban J connectivity index is 1.88. The number of amides is 2. The number of nitrogens with one attached hydrogen (secondary N) is 2. The van der Waals surface area contributed by atoms with Gasteiger partial charge in [-0.1, -0.05) is 18.2 Å². The Hall–Kier alpha value is -4.61. The van der Waals surface area contributed by atoms with Gasteiger partial charge in [0.2, 0.25) is 0 Å². The number of hydrazine groups is 1. The Bertz CT molecular complexity index is 1330. The van der Waals surface area contributed by atoms with Crippen molar-refractivity contribution in [2.45, 2.75) is 20.4 Å². The molecule has 3 aromatic rings. The maximum Gasteiger partial charge on any atom is 0.338 e. The van der Waals surface area contributed by atoms with Gasteiger partial charge in [-0.25, -0.2) is 9.48 Å². The van der Waals surface area contributed by atoms with E-state index in [2.05, 4.69) is 16.0 Å². The van der Waals surface area contributed by atoms with Crippen LogP contribution < -0.4 is 16.4 Å². The molecule has 3 rings (SSSR count). The van der Waals surface area contributed by atoms with Gasteiger partial charge in [0.1, 0.15) is 0 Å². The standard InChI is InChI=1S/C21H19N5O7/c1-3-25-20(29)16-8-6-5-7-15(16)17(24-25)19(28)23-22-18(27)12-9-13(21(30)33-4-2)11-14(10-12)26(31)32/h5-11H,3-4H2,1-2H3,(H,22,27)(H,23,28). The summed E-state index contributed by atoms with van der Waals surface area (Å²) in [5, 5.41) is 15.8. The van der Waals surface area contributed by atoms with Crippen molar-refractivity contribution in [1.29, 1.82) is 0 Å². The molecule has 0 spiro atoms. The van der Waals surface area contributed by atoms with Crippen LogP contribution in [-0.2, 0) is 11.3 Å². The molecule has 1 aromatic heterocycles. The lowest BCUT2D eigenvalue weighted by Gasteiger charge is -2.11. The molecule has 2 amide bonds. The van der Waals surface area contributed by atoms with E-state index in [0.717, 1.165) is 22.9 Å². The molecule has 12 heteroatoms. The molecule has 12 nitrogen and oxygen atoms in total. The molecule has 0 fully saturated rings. The average molecular weight is 453 g/mol. The van der Waals surface area contributed by atoms with Crippen molar-refractivity contribution >= 4 is 34.2 Å². The summed E-state index contributed by atoms with van der Waals surface area (Å²) in [5.74, 6) is -2.56. The van der Waals surface area contributed by atoms with Crippen LogP contribution >= 0.6 is 0 Å². The molecule has 33 heavy (non-hydrogen) atoms. The third-order valence-corrected chi connectivity index (χ3v) is 4.57. The highest BCUT2D eigenvalue weighted by Crippen LogP contribution is 2.18. The normalized spacial score (nSPS) is 10.5. The fraction of sp³-hybridized carbons (Fsp3) is 0.190. The van der Waals surface area contributed by atoms with Crippen LogP contribution in [0.25, 0.3) is 10.8 Å². The van der Waals surface area contributed by atoms with Crippen LogP contribution in [0.5, 0.6) is 0 Å². The van der Waals surface area contributed by atoms with Gasteiger partial charge in [0.05, 0.1) is 22.5 Å². The van der Waals surface area contributed by atoms with Crippen LogP contribution in [0.1, 0.15) is 45.1 Å². The number of esters is 1. The monoisotopic (exact) mass is 453 g/mol. The number of aryl methyl sites for hydroxylation is 1. The molecule has 0 unspecified atom stereocenters. The molecule has 2 aromatic carbocycles. The van der Waals surface area contributed by atoms with Crippen molar-refractivity contribution in [1.82, 2.24) is 20.6 Å². The Kier molecular flexibility index (Phi) is 6.77. The number of ether oxygens (including phenoxy) is 1. The van der Waals surface area contributed by atoms with E-state index >= 15 is 0 Å². The maximum absolute atomic E-state index is 12.7. The van der Waals surface area contributed by atoms with Crippen LogP contribution in [0.15, 0.2) is 47.3 Å². The van der Waals surface area contributed by atoms with Gasteiger partial charge < -0.3 is 4.74 Å². The second kappa shape index (κ2) is 9.68.